The highest BCUT2D eigenvalue weighted by molar-refractivity contribution is 5.73. The van der Waals surface area contributed by atoms with Crippen molar-refractivity contribution in [3.8, 4) is 5.75 Å². The van der Waals surface area contributed by atoms with Crippen molar-refractivity contribution in [2.75, 3.05) is 32.2 Å². The molecule has 0 N–H and O–H groups in total. The van der Waals surface area contributed by atoms with Crippen molar-refractivity contribution in [3.63, 3.8) is 0 Å². The number of methoxy groups -OCH3 is 2. The number of esters is 1. The number of anilines is 1. The number of ether oxygens (including phenoxy) is 2. The maximum atomic E-state index is 11.5. The van der Waals surface area contributed by atoms with E-state index in [1.165, 1.54) is 12.7 Å². The molecule has 104 valence electrons. The van der Waals surface area contributed by atoms with Crippen molar-refractivity contribution >= 4 is 11.7 Å². The van der Waals surface area contributed by atoms with E-state index in [9.17, 15) is 4.79 Å². The second-order valence-corrected chi connectivity index (χ2v) is 4.96. The van der Waals surface area contributed by atoms with Crippen LogP contribution in [0.15, 0.2) is 18.2 Å². The van der Waals surface area contributed by atoms with E-state index >= 15 is 0 Å². The summed E-state index contributed by atoms with van der Waals surface area (Å²) in [6.07, 6.45) is 1.67. The first-order valence-electron chi connectivity index (χ1n) is 6.63. The highest BCUT2D eigenvalue weighted by Crippen LogP contribution is 2.32. The van der Waals surface area contributed by atoms with Gasteiger partial charge in [-0.05, 0) is 37.5 Å². The number of hydrogen-bond donors (Lipinski definition) is 0. The van der Waals surface area contributed by atoms with Gasteiger partial charge < -0.3 is 14.4 Å². The minimum absolute atomic E-state index is 0.0389. The molecule has 1 fully saturated rings. The molecule has 0 amide bonds. The fourth-order valence-corrected chi connectivity index (χ4v) is 2.57. The van der Waals surface area contributed by atoms with Crippen LogP contribution in [0.2, 0.25) is 0 Å². The third-order valence-electron chi connectivity index (χ3n) is 3.70. The molecule has 1 aliphatic rings. The molecule has 1 aromatic carbocycles. The molecule has 4 nitrogen and oxygen atoms in total. The zero-order valence-corrected chi connectivity index (χ0v) is 11.8. The Morgan fingerprint density at radius 3 is 2.53 bits per heavy atom. The maximum Gasteiger partial charge on any atom is 0.308 e. The summed E-state index contributed by atoms with van der Waals surface area (Å²) in [5, 5.41) is 0. The lowest BCUT2D eigenvalue weighted by Crippen LogP contribution is -2.36. The second kappa shape index (κ2) is 5.95. The minimum atomic E-state index is -0.0872. The largest absolute Gasteiger partial charge is 0.495 e. The fraction of sp³-hybridized carbons (Fsp3) is 0.533. The molecule has 1 heterocycles. The lowest BCUT2D eigenvalue weighted by molar-refractivity contribution is -0.146. The van der Waals surface area contributed by atoms with Gasteiger partial charge in [0.15, 0.2) is 0 Å². The highest BCUT2D eigenvalue weighted by Gasteiger charge is 2.26. The number of hydrogen-bond acceptors (Lipinski definition) is 4. The van der Waals surface area contributed by atoms with Gasteiger partial charge in [0.05, 0.1) is 25.8 Å². The molecule has 1 saturated heterocycles. The Balaban J connectivity index is 2.09. The molecule has 0 bridgehead atoms. The summed E-state index contributed by atoms with van der Waals surface area (Å²) in [6, 6.07) is 6.18. The SMILES string of the molecule is COC(=O)C1CCN(c2cc(C)ccc2OC)CC1. The van der Waals surface area contributed by atoms with E-state index in [4.69, 9.17) is 9.47 Å². The molecule has 0 spiro atoms. The molecule has 0 aromatic heterocycles. The lowest BCUT2D eigenvalue weighted by Gasteiger charge is -2.33. The summed E-state index contributed by atoms with van der Waals surface area (Å²) < 4.78 is 10.2. The van der Waals surface area contributed by atoms with Crippen LogP contribution in [0.3, 0.4) is 0 Å². The van der Waals surface area contributed by atoms with Crippen molar-refractivity contribution in [3.05, 3.63) is 23.8 Å². The number of carbonyl (C=O) groups excluding carboxylic acids is 1. The zero-order valence-electron chi connectivity index (χ0n) is 11.8. The first-order chi connectivity index (χ1) is 9.15. The van der Waals surface area contributed by atoms with Gasteiger partial charge in [0.2, 0.25) is 0 Å². The summed E-state index contributed by atoms with van der Waals surface area (Å²) in [7, 11) is 3.15. The Morgan fingerprint density at radius 1 is 1.26 bits per heavy atom. The molecule has 1 aromatic rings. The second-order valence-electron chi connectivity index (χ2n) is 4.96. The summed E-state index contributed by atoms with van der Waals surface area (Å²) in [4.78, 5) is 13.8. The molecular weight excluding hydrogens is 242 g/mol. The lowest BCUT2D eigenvalue weighted by atomic mass is 9.96. The van der Waals surface area contributed by atoms with Gasteiger partial charge in [-0.15, -0.1) is 0 Å². The Kier molecular flexibility index (Phi) is 4.30. The molecule has 0 saturated carbocycles. The molecule has 0 unspecified atom stereocenters. The van der Waals surface area contributed by atoms with Crippen molar-refractivity contribution < 1.29 is 14.3 Å². The van der Waals surface area contributed by atoms with Gasteiger partial charge in [0.25, 0.3) is 0 Å². The molecule has 0 atom stereocenters. The van der Waals surface area contributed by atoms with E-state index in [0.717, 1.165) is 37.4 Å². The summed E-state index contributed by atoms with van der Waals surface area (Å²) in [5.74, 6) is 0.843. The van der Waals surface area contributed by atoms with Crippen LogP contribution in [0.1, 0.15) is 18.4 Å². The van der Waals surface area contributed by atoms with Gasteiger partial charge in [-0.25, -0.2) is 0 Å². The Labute approximate surface area is 114 Å². The molecule has 2 rings (SSSR count). The molecule has 19 heavy (non-hydrogen) atoms. The van der Waals surface area contributed by atoms with E-state index in [-0.39, 0.29) is 11.9 Å². The molecular formula is C15H21NO3. The first-order valence-corrected chi connectivity index (χ1v) is 6.63. The van der Waals surface area contributed by atoms with Crippen LogP contribution in [-0.2, 0) is 9.53 Å². The van der Waals surface area contributed by atoms with Gasteiger partial charge in [-0.3, -0.25) is 4.79 Å². The summed E-state index contributed by atoms with van der Waals surface area (Å²) in [5.41, 5.74) is 2.33. The van der Waals surface area contributed by atoms with Crippen LogP contribution in [0, 0.1) is 12.8 Å². The van der Waals surface area contributed by atoms with Gasteiger partial charge in [0.1, 0.15) is 5.75 Å². The number of benzene rings is 1. The zero-order chi connectivity index (χ0) is 13.8. The van der Waals surface area contributed by atoms with Crippen molar-refractivity contribution in [1.82, 2.24) is 0 Å². The standard InChI is InChI=1S/C15H21NO3/c1-11-4-5-14(18-2)13(10-11)16-8-6-12(7-9-16)15(17)19-3/h4-5,10,12H,6-9H2,1-3H3. The number of rotatable bonds is 3. The predicted octanol–water partition coefficient (Wildman–Crippen LogP) is 2.39. The van der Waals surface area contributed by atoms with Gasteiger partial charge >= 0.3 is 5.97 Å². The van der Waals surface area contributed by atoms with Crippen LogP contribution >= 0.6 is 0 Å². The third kappa shape index (κ3) is 3.00. The number of carbonyl (C=O) groups is 1. The van der Waals surface area contributed by atoms with Crippen LogP contribution in [-0.4, -0.2) is 33.3 Å². The Hall–Kier alpha value is -1.71. The first kappa shape index (κ1) is 13.7. The van der Waals surface area contributed by atoms with Gasteiger partial charge in [0, 0.05) is 13.1 Å². The molecule has 1 aliphatic heterocycles. The molecule has 0 radical (unpaired) electrons. The van der Waals surface area contributed by atoms with Crippen molar-refractivity contribution in [2.24, 2.45) is 5.92 Å². The van der Waals surface area contributed by atoms with Crippen LogP contribution < -0.4 is 9.64 Å². The quantitative estimate of drug-likeness (QED) is 0.785. The van der Waals surface area contributed by atoms with Gasteiger partial charge in [-0.2, -0.15) is 0 Å². The normalized spacial score (nSPS) is 16.3. The fourth-order valence-electron chi connectivity index (χ4n) is 2.57. The maximum absolute atomic E-state index is 11.5. The third-order valence-corrected chi connectivity index (χ3v) is 3.70. The molecule has 4 heteroatoms. The molecule has 0 aliphatic carbocycles. The van der Waals surface area contributed by atoms with Crippen molar-refractivity contribution in [2.45, 2.75) is 19.8 Å². The van der Waals surface area contributed by atoms with Crippen molar-refractivity contribution in [1.29, 1.82) is 0 Å². The van der Waals surface area contributed by atoms with E-state index in [2.05, 4.69) is 17.9 Å². The monoisotopic (exact) mass is 263 g/mol. The average Bonchev–Trinajstić information content (AvgIpc) is 2.46. The van der Waals surface area contributed by atoms with Crippen LogP contribution in [0.25, 0.3) is 0 Å². The number of nitrogens with zero attached hydrogens (tertiary/aromatic N) is 1. The predicted molar refractivity (Wildman–Crippen MR) is 74.7 cm³/mol. The smallest absolute Gasteiger partial charge is 0.308 e. The van der Waals surface area contributed by atoms with E-state index in [1.807, 2.05) is 12.1 Å². The Bertz CT molecular complexity index is 451. The highest BCUT2D eigenvalue weighted by atomic mass is 16.5. The van der Waals surface area contributed by atoms with E-state index in [1.54, 1.807) is 7.11 Å². The summed E-state index contributed by atoms with van der Waals surface area (Å²) >= 11 is 0. The van der Waals surface area contributed by atoms with Crippen LogP contribution in [0.4, 0.5) is 5.69 Å². The van der Waals surface area contributed by atoms with Gasteiger partial charge in [-0.1, -0.05) is 6.07 Å². The van der Waals surface area contributed by atoms with E-state index in [0.29, 0.717) is 0 Å². The minimum Gasteiger partial charge on any atom is -0.495 e. The number of piperidine rings is 1. The average molecular weight is 263 g/mol. The number of aryl methyl sites for hydroxylation is 1. The van der Waals surface area contributed by atoms with Crippen LogP contribution in [0.5, 0.6) is 5.75 Å². The topological polar surface area (TPSA) is 38.8 Å². The summed E-state index contributed by atoms with van der Waals surface area (Å²) in [6.45, 7) is 3.79. The van der Waals surface area contributed by atoms with E-state index < -0.39 is 0 Å². The Morgan fingerprint density at radius 2 is 1.95 bits per heavy atom.